The topological polar surface area (TPSA) is 90.7 Å². The van der Waals surface area contributed by atoms with E-state index in [0.29, 0.717) is 23.7 Å². The van der Waals surface area contributed by atoms with E-state index >= 15 is 0 Å². The van der Waals surface area contributed by atoms with Gasteiger partial charge < -0.3 is 19.1 Å². The van der Waals surface area contributed by atoms with Crippen molar-refractivity contribution < 1.29 is 19.4 Å². The number of carboxylic acids is 1. The maximum Gasteiger partial charge on any atom is 0.309 e. The zero-order valence-electron chi connectivity index (χ0n) is 21.1. The number of methoxy groups -OCH3 is 1. The number of hydrogen-bond donors (Lipinski definition) is 1. The van der Waals surface area contributed by atoms with E-state index in [1.165, 1.54) is 4.57 Å². The van der Waals surface area contributed by atoms with Crippen molar-refractivity contribution in [3.8, 4) is 45.0 Å². The molecule has 1 aliphatic heterocycles. The first kappa shape index (κ1) is 24.3. The van der Waals surface area contributed by atoms with Crippen LogP contribution in [-0.2, 0) is 24.7 Å². The molecule has 0 atom stereocenters. The Bertz CT molecular complexity index is 1550. The van der Waals surface area contributed by atoms with E-state index in [-0.39, 0.29) is 12.0 Å². The third-order valence-electron chi connectivity index (χ3n) is 6.93. The lowest BCUT2D eigenvalue weighted by Gasteiger charge is -2.22. The summed E-state index contributed by atoms with van der Waals surface area (Å²) in [4.78, 5) is 29.5. The van der Waals surface area contributed by atoms with Gasteiger partial charge in [0, 0.05) is 30.6 Å². The first-order valence-corrected chi connectivity index (χ1v) is 12.2. The molecule has 0 spiro atoms. The lowest BCUT2D eigenvalue weighted by atomic mass is 9.89. The number of benzene rings is 2. The van der Waals surface area contributed by atoms with Crippen LogP contribution in [0.25, 0.3) is 33.4 Å². The molecule has 0 unspecified atom stereocenters. The molecule has 2 aromatic carbocycles. The Balaban J connectivity index is 1.66. The second kappa shape index (κ2) is 9.93. The van der Waals surface area contributed by atoms with E-state index in [1.54, 1.807) is 20.4 Å². The van der Waals surface area contributed by atoms with Crippen LogP contribution in [0.3, 0.4) is 0 Å². The standard InChI is InChI=1S/C30H28N2O5/c1-18-28(23-10-11-25-22(15-23)5-4-14-37-25)24(17-27(33)34)32(2)30(35)29(18)20-8-6-19(7-9-20)21-12-13-31-26(16-21)36-3/h6-13,15-16H,4-5,14,17H2,1-3H3,(H,33,34). The molecule has 4 aromatic rings. The fourth-order valence-electron chi connectivity index (χ4n) is 5.08. The van der Waals surface area contributed by atoms with Gasteiger partial charge in [0.05, 0.1) is 25.7 Å². The Hall–Kier alpha value is -4.39. The van der Waals surface area contributed by atoms with Crippen LogP contribution in [-0.4, -0.2) is 34.3 Å². The number of carboxylic acid groups (broad SMARTS) is 1. The highest BCUT2D eigenvalue weighted by molar-refractivity contribution is 5.83. The highest BCUT2D eigenvalue weighted by Gasteiger charge is 2.23. The molecule has 188 valence electrons. The average molecular weight is 497 g/mol. The molecular weight excluding hydrogens is 468 g/mol. The minimum Gasteiger partial charge on any atom is -0.493 e. The van der Waals surface area contributed by atoms with Crippen LogP contribution in [0.1, 0.15) is 23.2 Å². The van der Waals surface area contributed by atoms with Gasteiger partial charge >= 0.3 is 5.97 Å². The summed E-state index contributed by atoms with van der Waals surface area (Å²) in [5.41, 5.74) is 7.02. The Labute approximate surface area is 215 Å². The molecule has 37 heavy (non-hydrogen) atoms. The number of pyridine rings is 2. The third-order valence-corrected chi connectivity index (χ3v) is 6.93. The fraction of sp³-hybridized carbons (Fsp3) is 0.233. The molecule has 0 aliphatic carbocycles. The lowest BCUT2D eigenvalue weighted by molar-refractivity contribution is -0.136. The van der Waals surface area contributed by atoms with Crippen molar-refractivity contribution in [1.82, 2.24) is 9.55 Å². The van der Waals surface area contributed by atoms with Gasteiger partial charge in [0.2, 0.25) is 5.88 Å². The highest BCUT2D eigenvalue weighted by atomic mass is 16.5. The van der Waals surface area contributed by atoms with Crippen LogP contribution in [0.4, 0.5) is 0 Å². The predicted molar refractivity (Wildman–Crippen MR) is 142 cm³/mol. The number of aliphatic carboxylic acids is 1. The Morgan fingerprint density at radius 1 is 1.03 bits per heavy atom. The molecule has 3 heterocycles. The zero-order chi connectivity index (χ0) is 26.1. The van der Waals surface area contributed by atoms with E-state index in [9.17, 15) is 14.7 Å². The van der Waals surface area contributed by atoms with Gasteiger partial charge in [-0.2, -0.15) is 0 Å². The van der Waals surface area contributed by atoms with Crippen LogP contribution < -0.4 is 15.0 Å². The number of hydrogen-bond acceptors (Lipinski definition) is 5. The van der Waals surface area contributed by atoms with Crippen LogP contribution in [0.15, 0.2) is 65.6 Å². The van der Waals surface area contributed by atoms with Crippen LogP contribution in [0.2, 0.25) is 0 Å². The Morgan fingerprint density at radius 2 is 1.76 bits per heavy atom. The average Bonchev–Trinajstić information content (AvgIpc) is 2.92. The number of aromatic nitrogens is 2. The van der Waals surface area contributed by atoms with E-state index in [2.05, 4.69) is 11.1 Å². The second-order valence-electron chi connectivity index (χ2n) is 9.20. The van der Waals surface area contributed by atoms with Gasteiger partial charge in [-0.05, 0) is 71.3 Å². The maximum atomic E-state index is 13.6. The Kier molecular flexibility index (Phi) is 6.53. The van der Waals surface area contributed by atoms with Gasteiger partial charge in [0.1, 0.15) is 5.75 Å². The molecule has 0 saturated heterocycles. The van der Waals surface area contributed by atoms with Crippen LogP contribution in [0, 0.1) is 6.92 Å². The minimum atomic E-state index is -0.984. The van der Waals surface area contributed by atoms with Crippen LogP contribution in [0.5, 0.6) is 11.6 Å². The molecule has 0 saturated carbocycles. The molecule has 1 aliphatic rings. The number of aryl methyl sites for hydroxylation is 1. The SMILES string of the molecule is COc1cc(-c2ccc(-c3c(C)c(-c4ccc5c(c4)CCCO5)c(CC(=O)O)n(C)c3=O)cc2)ccn1. The van der Waals surface area contributed by atoms with Crippen LogP contribution >= 0.6 is 0 Å². The normalized spacial score (nSPS) is 12.5. The molecule has 5 rings (SSSR count). The number of fused-ring (bicyclic) bond motifs is 1. The van der Waals surface area contributed by atoms with Gasteiger partial charge in [-0.3, -0.25) is 9.59 Å². The molecule has 2 aromatic heterocycles. The van der Waals surface area contributed by atoms with Crippen molar-refractivity contribution in [2.24, 2.45) is 7.05 Å². The maximum absolute atomic E-state index is 13.6. The van der Waals surface area contributed by atoms with Gasteiger partial charge in [0.25, 0.3) is 5.56 Å². The monoisotopic (exact) mass is 496 g/mol. The second-order valence-corrected chi connectivity index (χ2v) is 9.20. The largest absolute Gasteiger partial charge is 0.493 e. The van der Waals surface area contributed by atoms with Gasteiger partial charge in [-0.25, -0.2) is 4.98 Å². The van der Waals surface area contributed by atoms with E-state index in [1.807, 2.05) is 55.5 Å². The molecule has 0 amide bonds. The van der Waals surface area contributed by atoms with Gasteiger partial charge in [0.15, 0.2) is 0 Å². The summed E-state index contributed by atoms with van der Waals surface area (Å²) in [5.74, 6) is 0.406. The summed E-state index contributed by atoms with van der Waals surface area (Å²) in [6, 6.07) is 17.5. The summed E-state index contributed by atoms with van der Waals surface area (Å²) in [6.45, 7) is 2.59. The molecule has 7 heteroatoms. The van der Waals surface area contributed by atoms with Crippen molar-refractivity contribution >= 4 is 5.97 Å². The highest BCUT2D eigenvalue weighted by Crippen LogP contribution is 2.36. The summed E-state index contributed by atoms with van der Waals surface area (Å²) in [7, 11) is 3.22. The van der Waals surface area contributed by atoms with Crippen molar-refractivity contribution in [3.05, 3.63) is 88.0 Å². The molecule has 7 nitrogen and oxygen atoms in total. The van der Waals surface area contributed by atoms with Crippen molar-refractivity contribution in [1.29, 1.82) is 0 Å². The first-order chi connectivity index (χ1) is 17.9. The summed E-state index contributed by atoms with van der Waals surface area (Å²) < 4.78 is 12.5. The van der Waals surface area contributed by atoms with Gasteiger partial charge in [-0.15, -0.1) is 0 Å². The zero-order valence-corrected chi connectivity index (χ0v) is 21.1. The van der Waals surface area contributed by atoms with Crippen molar-refractivity contribution in [2.75, 3.05) is 13.7 Å². The summed E-state index contributed by atoms with van der Waals surface area (Å²) in [5, 5.41) is 9.65. The number of rotatable bonds is 6. The molecule has 1 N–H and O–H groups in total. The molecular formula is C30H28N2O5. The number of carbonyl (C=O) groups is 1. The van der Waals surface area contributed by atoms with E-state index < -0.39 is 5.97 Å². The molecule has 0 radical (unpaired) electrons. The smallest absolute Gasteiger partial charge is 0.309 e. The minimum absolute atomic E-state index is 0.225. The van der Waals surface area contributed by atoms with E-state index in [0.717, 1.165) is 57.5 Å². The Morgan fingerprint density at radius 3 is 2.49 bits per heavy atom. The van der Waals surface area contributed by atoms with Gasteiger partial charge in [-0.1, -0.05) is 30.3 Å². The summed E-state index contributed by atoms with van der Waals surface area (Å²) >= 11 is 0. The number of ether oxygens (including phenoxy) is 2. The van der Waals surface area contributed by atoms with Crippen molar-refractivity contribution in [3.63, 3.8) is 0 Å². The fourth-order valence-corrected chi connectivity index (χ4v) is 5.08. The summed E-state index contributed by atoms with van der Waals surface area (Å²) in [6.07, 6.45) is 3.28. The lowest BCUT2D eigenvalue weighted by Crippen LogP contribution is -2.26. The predicted octanol–water partition coefficient (Wildman–Crippen LogP) is 5.05. The number of nitrogens with zero attached hydrogens (tertiary/aromatic N) is 2. The third kappa shape index (κ3) is 4.60. The molecule has 0 bridgehead atoms. The first-order valence-electron chi connectivity index (χ1n) is 12.2. The molecule has 0 fully saturated rings. The quantitative estimate of drug-likeness (QED) is 0.402. The van der Waals surface area contributed by atoms with E-state index in [4.69, 9.17) is 9.47 Å². The van der Waals surface area contributed by atoms with Crippen molar-refractivity contribution in [2.45, 2.75) is 26.2 Å².